The fourth-order valence-corrected chi connectivity index (χ4v) is 2.06. The van der Waals surface area contributed by atoms with Crippen molar-refractivity contribution in [2.45, 2.75) is 32.3 Å². The number of rotatable bonds is 4. The summed E-state index contributed by atoms with van der Waals surface area (Å²) in [7, 11) is 0. The largest absolute Gasteiger partial charge is 0.493 e. The molecule has 3 heteroatoms. The Morgan fingerprint density at radius 2 is 2.38 bits per heavy atom. The summed E-state index contributed by atoms with van der Waals surface area (Å²) in [6.45, 7) is 3.63. The molecule has 1 unspecified atom stereocenters. The average molecular weight is 241 g/mol. The molecule has 1 aromatic carbocycles. The van der Waals surface area contributed by atoms with E-state index in [0.717, 1.165) is 35.8 Å². The molecule has 1 aromatic rings. The zero-order valence-corrected chi connectivity index (χ0v) is 10.3. The lowest BCUT2D eigenvalue weighted by molar-refractivity contribution is 0.0902. The van der Waals surface area contributed by atoms with E-state index in [1.807, 2.05) is 25.1 Å². The maximum Gasteiger partial charge on any atom is 0.123 e. The van der Waals surface area contributed by atoms with E-state index in [1.165, 1.54) is 6.42 Å². The van der Waals surface area contributed by atoms with Gasteiger partial charge in [-0.2, -0.15) is 0 Å². The first-order chi connectivity index (χ1) is 7.75. The van der Waals surface area contributed by atoms with Crippen LogP contribution in [0.4, 0.5) is 0 Å². The lowest BCUT2D eigenvalue weighted by Crippen LogP contribution is -2.11. The van der Waals surface area contributed by atoms with Crippen molar-refractivity contribution in [1.82, 2.24) is 0 Å². The van der Waals surface area contributed by atoms with Crippen LogP contribution in [0.3, 0.4) is 0 Å². The summed E-state index contributed by atoms with van der Waals surface area (Å²) in [5, 5.41) is 0.720. The quantitative estimate of drug-likeness (QED) is 0.801. The smallest absolute Gasteiger partial charge is 0.123 e. The standard InChI is InChI=1S/C13H17ClO2/c1-10-4-5-11(14)9-13(10)16-8-6-12-3-2-7-15-12/h4-5,9,12H,2-3,6-8H2,1H3. The van der Waals surface area contributed by atoms with Gasteiger partial charge in [0, 0.05) is 18.1 Å². The SMILES string of the molecule is Cc1ccc(Cl)cc1OCCC1CCCO1. The Labute approximate surface area is 102 Å². The molecule has 0 N–H and O–H groups in total. The summed E-state index contributed by atoms with van der Waals surface area (Å²) in [5.41, 5.74) is 1.12. The van der Waals surface area contributed by atoms with Crippen molar-refractivity contribution in [2.75, 3.05) is 13.2 Å². The molecule has 1 heterocycles. The number of ether oxygens (including phenoxy) is 2. The van der Waals surface area contributed by atoms with Crippen LogP contribution in [0, 0.1) is 6.92 Å². The van der Waals surface area contributed by atoms with Crippen molar-refractivity contribution < 1.29 is 9.47 Å². The highest BCUT2D eigenvalue weighted by Gasteiger charge is 2.15. The first-order valence-electron chi connectivity index (χ1n) is 5.76. The average Bonchev–Trinajstić information content (AvgIpc) is 2.76. The molecule has 1 atom stereocenters. The zero-order chi connectivity index (χ0) is 11.4. The zero-order valence-electron chi connectivity index (χ0n) is 9.54. The molecule has 0 aliphatic carbocycles. The Morgan fingerprint density at radius 3 is 3.12 bits per heavy atom. The second-order valence-electron chi connectivity index (χ2n) is 4.18. The van der Waals surface area contributed by atoms with Crippen LogP contribution in [0.25, 0.3) is 0 Å². The molecule has 1 saturated heterocycles. The molecule has 16 heavy (non-hydrogen) atoms. The Bertz CT molecular complexity index is 346. The topological polar surface area (TPSA) is 18.5 Å². The predicted octanol–water partition coefficient (Wildman–Crippen LogP) is 3.60. The third-order valence-electron chi connectivity index (χ3n) is 2.87. The number of halogens is 1. The molecule has 0 spiro atoms. The summed E-state index contributed by atoms with van der Waals surface area (Å²) in [6, 6.07) is 5.72. The number of hydrogen-bond acceptors (Lipinski definition) is 2. The first-order valence-corrected chi connectivity index (χ1v) is 6.14. The molecule has 1 aliphatic rings. The van der Waals surface area contributed by atoms with Crippen molar-refractivity contribution >= 4 is 11.6 Å². The molecule has 1 fully saturated rings. The maximum atomic E-state index is 5.92. The van der Waals surface area contributed by atoms with Crippen LogP contribution in [0.15, 0.2) is 18.2 Å². The van der Waals surface area contributed by atoms with Gasteiger partial charge in [-0.3, -0.25) is 0 Å². The molecule has 2 rings (SSSR count). The molecule has 0 bridgehead atoms. The van der Waals surface area contributed by atoms with Gasteiger partial charge in [0.1, 0.15) is 5.75 Å². The highest BCUT2D eigenvalue weighted by Crippen LogP contribution is 2.23. The lowest BCUT2D eigenvalue weighted by Gasteiger charge is -2.12. The third-order valence-corrected chi connectivity index (χ3v) is 3.11. The van der Waals surface area contributed by atoms with E-state index in [1.54, 1.807) is 0 Å². The summed E-state index contributed by atoms with van der Waals surface area (Å²) in [5.74, 6) is 0.880. The molecule has 0 radical (unpaired) electrons. The van der Waals surface area contributed by atoms with Crippen LogP contribution >= 0.6 is 11.6 Å². The molecule has 1 aliphatic heterocycles. The highest BCUT2D eigenvalue weighted by molar-refractivity contribution is 6.30. The van der Waals surface area contributed by atoms with E-state index in [4.69, 9.17) is 21.1 Å². The second-order valence-corrected chi connectivity index (χ2v) is 4.62. The predicted molar refractivity (Wildman–Crippen MR) is 65.3 cm³/mol. The van der Waals surface area contributed by atoms with Crippen LogP contribution < -0.4 is 4.74 Å². The van der Waals surface area contributed by atoms with Gasteiger partial charge in [0.25, 0.3) is 0 Å². The second kappa shape index (κ2) is 5.55. The third kappa shape index (κ3) is 3.13. The maximum absolute atomic E-state index is 5.92. The van der Waals surface area contributed by atoms with Crippen LogP contribution in [-0.4, -0.2) is 19.3 Å². The Kier molecular flexibility index (Phi) is 4.08. The van der Waals surface area contributed by atoms with Crippen LogP contribution in [0.2, 0.25) is 5.02 Å². The van der Waals surface area contributed by atoms with Gasteiger partial charge in [0.15, 0.2) is 0 Å². The number of hydrogen-bond donors (Lipinski definition) is 0. The van der Waals surface area contributed by atoms with E-state index in [9.17, 15) is 0 Å². The van der Waals surface area contributed by atoms with Gasteiger partial charge in [0.05, 0.1) is 12.7 Å². The van der Waals surface area contributed by atoms with Crippen molar-refractivity contribution in [2.24, 2.45) is 0 Å². The number of aryl methyl sites for hydroxylation is 1. The lowest BCUT2D eigenvalue weighted by atomic mass is 10.2. The fraction of sp³-hybridized carbons (Fsp3) is 0.538. The molecule has 88 valence electrons. The van der Waals surface area contributed by atoms with Crippen molar-refractivity contribution in [3.8, 4) is 5.75 Å². The van der Waals surface area contributed by atoms with Gasteiger partial charge in [0.2, 0.25) is 0 Å². The molecule has 0 saturated carbocycles. The summed E-state index contributed by atoms with van der Waals surface area (Å²) in [4.78, 5) is 0. The van der Waals surface area contributed by atoms with Crippen molar-refractivity contribution in [3.63, 3.8) is 0 Å². The molecule has 2 nitrogen and oxygen atoms in total. The Hall–Kier alpha value is -0.730. The van der Waals surface area contributed by atoms with Crippen LogP contribution in [0.1, 0.15) is 24.8 Å². The normalized spacial score (nSPS) is 20.0. The van der Waals surface area contributed by atoms with Crippen LogP contribution in [0.5, 0.6) is 5.75 Å². The van der Waals surface area contributed by atoms with E-state index < -0.39 is 0 Å². The Morgan fingerprint density at radius 1 is 1.50 bits per heavy atom. The van der Waals surface area contributed by atoms with Gasteiger partial charge >= 0.3 is 0 Å². The highest BCUT2D eigenvalue weighted by atomic mass is 35.5. The van der Waals surface area contributed by atoms with E-state index in [-0.39, 0.29) is 0 Å². The van der Waals surface area contributed by atoms with Gasteiger partial charge < -0.3 is 9.47 Å². The minimum Gasteiger partial charge on any atom is -0.493 e. The fourth-order valence-electron chi connectivity index (χ4n) is 1.90. The van der Waals surface area contributed by atoms with E-state index in [2.05, 4.69) is 0 Å². The van der Waals surface area contributed by atoms with Gasteiger partial charge in [-0.1, -0.05) is 17.7 Å². The summed E-state index contributed by atoms with van der Waals surface area (Å²) in [6.07, 6.45) is 3.70. The minimum absolute atomic E-state index is 0.388. The van der Waals surface area contributed by atoms with Crippen LogP contribution in [-0.2, 0) is 4.74 Å². The van der Waals surface area contributed by atoms with Crippen molar-refractivity contribution in [1.29, 1.82) is 0 Å². The monoisotopic (exact) mass is 240 g/mol. The molecule has 0 amide bonds. The van der Waals surface area contributed by atoms with Gasteiger partial charge in [-0.25, -0.2) is 0 Å². The van der Waals surface area contributed by atoms with E-state index >= 15 is 0 Å². The van der Waals surface area contributed by atoms with Gasteiger partial charge in [-0.05, 0) is 37.5 Å². The number of benzene rings is 1. The molecular formula is C13H17ClO2. The summed E-state index contributed by atoms with van der Waals surface area (Å²) >= 11 is 5.92. The van der Waals surface area contributed by atoms with Crippen molar-refractivity contribution in [3.05, 3.63) is 28.8 Å². The van der Waals surface area contributed by atoms with E-state index in [0.29, 0.717) is 12.7 Å². The Balaban J connectivity index is 1.82. The minimum atomic E-state index is 0.388. The molecule has 0 aromatic heterocycles. The molecular weight excluding hydrogens is 224 g/mol. The van der Waals surface area contributed by atoms with Gasteiger partial charge in [-0.15, -0.1) is 0 Å². The first kappa shape index (κ1) is 11.7. The summed E-state index contributed by atoms with van der Waals surface area (Å²) < 4.78 is 11.3.